The van der Waals surface area contributed by atoms with Crippen molar-refractivity contribution in [2.24, 2.45) is 0 Å². The summed E-state index contributed by atoms with van der Waals surface area (Å²) in [4.78, 5) is 0.268. The summed E-state index contributed by atoms with van der Waals surface area (Å²) in [7, 11) is -3.20. The van der Waals surface area contributed by atoms with E-state index in [-0.39, 0.29) is 10.4 Å². The molecule has 2 rings (SSSR count). The summed E-state index contributed by atoms with van der Waals surface area (Å²) in [6.45, 7) is 2.20. The fourth-order valence-electron chi connectivity index (χ4n) is 2.67. The highest BCUT2D eigenvalue weighted by molar-refractivity contribution is 7.90. The average molecular weight is 282 g/mol. The molecular formula is C14H22N2O2S. The molecule has 19 heavy (non-hydrogen) atoms. The molecule has 0 radical (unpaired) electrons. The third kappa shape index (κ3) is 3.41. The summed E-state index contributed by atoms with van der Waals surface area (Å²) in [6.07, 6.45) is 7.19. The van der Waals surface area contributed by atoms with Crippen LogP contribution in [0.15, 0.2) is 23.1 Å². The molecule has 1 saturated carbocycles. The van der Waals surface area contributed by atoms with Crippen molar-refractivity contribution in [3.8, 4) is 0 Å². The second kappa shape index (κ2) is 5.04. The van der Waals surface area contributed by atoms with Gasteiger partial charge in [0.15, 0.2) is 9.84 Å². The summed E-state index contributed by atoms with van der Waals surface area (Å²) in [5.41, 5.74) is 7.36. The van der Waals surface area contributed by atoms with Gasteiger partial charge < -0.3 is 11.1 Å². The van der Waals surface area contributed by atoms with Crippen LogP contribution < -0.4 is 11.1 Å². The summed E-state index contributed by atoms with van der Waals surface area (Å²) in [5.74, 6) is 0. The van der Waals surface area contributed by atoms with Gasteiger partial charge in [-0.2, -0.15) is 0 Å². The first-order chi connectivity index (χ1) is 8.80. The molecule has 0 heterocycles. The lowest BCUT2D eigenvalue weighted by Gasteiger charge is -2.36. The van der Waals surface area contributed by atoms with Crippen molar-refractivity contribution in [3.05, 3.63) is 18.2 Å². The first-order valence-corrected chi connectivity index (χ1v) is 8.57. The number of anilines is 2. The zero-order valence-corrected chi connectivity index (χ0v) is 12.4. The Kier molecular flexibility index (Phi) is 3.76. The number of nitrogen functional groups attached to an aromatic ring is 1. The number of hydrogen-bond acceptors (Lipinski definition) is 4. The lowest BCUT2D eigenvalue weighted by molar-refractivity contribution is 0.349. The lowest BCUT2D eigenvalue weighted by Crippen LogP contribution is -2.37. The predicted molar refractivity (Wildman–Crippen MR) is 79.1 cm³/mol. The molecule has 0 bridgehead atoms. The van der Waals surface area contributed by atoms with Crippen molar-refractivity contribution >= 4 is 21.2 Å². The Bertz CT molecular complexity index is 561. The minimum Gasteiger partial charge on any atom is -0.397 e. The van der Waals surface area contributed by atoms with Crippen LogP contribution in [0.3, 0.4) is 0 Å². The fraction of sp³-hybridized carbons (Fsp3) is 0.571. The molecule has 0 saturated heterocycles. The number of benzene rings is 1. The molecule has 1 aliphatic carbocycles. The van der Waals surface area contributed by atoms with E-state index in [1.807, 2.05) is 0 Å². The van der Waals surface area contributed by atoms with Gasteiger partial charge in [0, 0.05) is 11.8 Å². The van der Waals surface area contributed by atoms with Crippen LogP contribution in [0.2, 0.25) is 0 Å². The highest BCUT2D eigenvalue weighted by atomic mass is 32.2. The molecule has 0 spiro atoms. The molecule has 0 aliphatic heterocycles. The van der Waals surface area contributed by atoms with Gasteiger partial charge in [-0.3, -0.25) is 0 Å². The Balaban J connectivity index is 2.22. The van der Waals surface area contributed by atoms with Crippen LogP contribution in [-0.4, -0.2) is 20.2 Å². The van der Waals surface area contributed by atoms with E-state index >= 15 is 0 Å². The monoisotopic (exact) mass is 282 g/mol. The second-order valence-corrected chi connectivity index (χ2v) is 7.78. The molecule has 3 N–H and O–H groups in total. The zero-order valence-electron chi connectivity index (χ0n) is 11.6. The van der Waals surface area contributed by atoms with Crippen LogP contribution in [0.4, 0.5) is 11.4 Å². The van der Waals surface area contributed by atoms with Gasteiger partial charge in [0.1, 0.15) is 0 Å². The van der Waals surface area contributed by atoms with E-state index in [1.54, 1.807) is 12.1 Å². The molecule has 0 aromatic heterocycles. The second-order valence-electron chi connectivity index (χ2n) is 5.77. The molecule has 106 valence electrons. The van der Waals surface area contributed by atoms with Gasteiger partial charge in [-0.15, -0.1) is 0 Å². The van der Waals surface area contributed by atoms with E-state index in [9.17, 15) is 8.42 Å². The summed E-state index contributed by atoms with van der Waals surface area (Å²) >= 11 is 0. The molecule has 1 aliphatic rings. The smallest absolute Gasteiger partial charge is 0.175 e. The zero-order chi connectivity index (χ0) is 14.1. The quantitative estimate of drug-likeness (QED) is 0.836. The minimum absolute atomic E-state index is 0.0684. The molecule has 1 aromatic carbocycles. The first kappa shape index (κ1) is 14.2. The predicted octanol–water partition coefficient (Wildman–Crippen LogP) is 2.81. The summed E-state index contributed by atoms with van der Waals surface area (Å²) in [6, 6.07) is 4.91. The third-order valence-corrected chi connectivity index (χ3v) is 4.95. The van der Waals surface area contributed by atoms with Gasteiger partial charge >= 0.3 is 0 Å². The van der Waals surface area contributed by atoms with E-state index in [0.29, 0.717) is 5.69 Å². The van der Waals surface area contributed by atoms with Crippen molar-refractivity contribution in [1.82, 2.24) is 0 Å². The average Bonchev–Trinajstić information content (AvgIpc) is 2.31. The van der Waals surface area contributed by atoms with Crippen LogP contribution in [0.5, 0.6) is 0 Å². The topological polar surface area (TPSA) is 72.2 Å². The minimum atomic E-state index is -3.20. The standard InChI is InChI=1S/C14H22N2O2S/c1-14(8-4-3-5-9-14)16-13-7-6-11(10-12(13)15)19(2,17)18/h6-7,10,16H,3-5,8-9,15H2,1-2H3. The lowest BCUT2D eigenvalue weighted by atomic mass is 9.83. The highest BCUT2D eigenvalue weighted by Crippen LogP contribution is 2.33. The van der Waals surface area contributed by atoms with Gasteiger partial charge in [0.2, 0.25) is 0 Å². The molecule has 0 amide bonds. The first-order valence-electron chi connectivity index (χ1n) is 6.68. The maximum absolute atomic E-state index is 11.5. The van der Waals surface area contributed by atoms with Crippen molar-refractivity contribution in [3.63, 3.8) is 0 Å². The van der Waals surface area contributed by atoms with Crippen LogP contribution in [0.1, 0.15) is 39.0 Å². The molecular weight excluding hydrogens is 260 g/mol. The summed E-state index contributed by atoms with van der Waals surface area (Å²) in [5, 5.41) is 3.48. The molecule has 0 unspecified atom stereocenters. The van der Waals surface area contributed by atoms with Gasteiger partial charge in [-0.25, -0.2) is 8.42 Å². The van der Waals surface area contributed by atoms with Gasteiger partial charge in [-0.05, 0) is 38.0 Å². The normalized spacial score (nSPS) is 19.1. The van der Waals surface area contributed by atoms with Crippen molar-refractivity contribution in [2.75, 3.05) is 17.3 Å². The van der Waals surface area contributed by atoms with E-state index in [4.69, 9.17) is 5.73 Å². The van der Waals surface area contributed by atoms with E-state index in [2.05, 4.69) is 12.2 Å². The molecule has 4 nitrogen and oxygen atoms in total. The van der Waals surface area contributed by atoms with Gasteiger partial charge in [0.05, 0.1) is 16.3 Å². The number of hydrogen-bond donors (Lipinski definition) is 2. The maximum atomic E-state index is 11.5. The Morgan fingerprint density at radius 2 is 1.84 bits per heavy atom. The Hall–Kier alpha value is -1.23. The maximum Gasteiger partial charge on any atom is 0.175 e. The molecule has 1 fully saturated rings. The van der Waals surface area contributed by atoms with Crippen molar-refractivity contribution in [1.29, 1.82) is 0 Å². The van der Waals surface area contributed by atoms with Crippen molar-refractivity contribution in [2.45, 2.75) is 49.5 Å². The Morgan fingerprint density at radius 3 is 2.37 bits per heavy atom. The van der Waals surface area contributed by atoms with Crippen LogP contribution >= 0.6 is 0 Å². The fourth-order valence-corrected chi connectivity index (χ4v) is 3.32. The molecule has 1 aromatic rings. The van der Waals surface area contributed by atoms with Crippen molar-refractivity contribution < 1.29 is 8.42 Å². The van der Waals surface area contributed by atoms with E-state index < -0.39 is 9.84 Å². The van der Waals surface area contributed by atoms with Gasteiger partial charge in [0.25, 0.3) is 0 Å². The van der Waals surface area contributed by atoms with Crippen LogP contribution in [0.25, 0.3) is 0 Å². The summed E-state index contributed by atoms with van der Waals surface area (Å²) < 4.78 is 22.9. The SMILES string of the molecule is CC1(Nc2ccc(S(C)(=O)=O)cc2N)CCCCC1. The molecule has 0 atom stereocenters. The largest absolute Gasteiger partial charge is 0.397 e. The van der Waals surface area contributed by atoms with Crippen LogP contribution in [-0.2, 0) is 9.84 Å². The van der Waals surface area contributed by atoms with Crippen LogP contribution in [0, 0.1) is 0 Å². The van der Waals surface area contributed by atoms with E-state index in [1.165, 1.54) is 31.6 Å². The van der Waals surface area contributed by atoms with Gasteiger partial charge in [-0.1, -0.05) is 19.3 Å². The number of nitrogens with one attached hydrogen (secondary N) is 1. The third-order valence-electron chi connectivity index (χ3n) is 3.84. The Labute approximate surface area is 115 Å². The number of rotatable bonds is 3. The highest BCUT2D eigenvalue weighted by Gasteiger charge is 2.27. The Morgan fingerprint density at radius 1 is 1.21 bits per heavy atom. The molecule has 5 heteroatoms. The van der Waals surface area contributed by atoms with E-state index in [0.717, 1.165) is 18.5 Å². The number of nitrogens with two attached hydrogens (primary N) is 1. The number of sulfone groups is 1.